The average Bonchev–Trinajstić information content (AvgIpc) is 3.90. The number of halogens is 18. The monoisotopic (exact) mass is 1070 g/mol. The molecule has 0 bridgehead atoms. The van der Waals surface area contributed by atoms with Gasteiger partial charge in [-0.25, -0.2) is 0 Å². The van der Waals surface area contributed by atoms with Crippen molar-refractivity contribution in [1.82, 2.24) is 9.13 Å². The molecular weight excluding hydrogens is 1040 g/mol. The van der Waals surface area contributed by atoms with Gasteiger partial charge in [-0.05, 0) is 113 Å². The lowest BCUT2D eigenvalue weighted by molar-refractivity contribution is -0.144. The third kappa shape index (κ3) is 8.77. The highest BCUT2D eigenvalue weighted by atomic mass is 19.4. The standard InChI is InChI=1S/C55H25F18N3/c56-50(57,58)30-11-14-33(41(22-30)53(65,66)67)27-9-17-46-38(19-27)36-5-1-3-7-44(36)75(46)48-25-40(35-16-13-32(52(62,63)64)24-43(35)55(71,72)73)49(21-29(48)26-74)76-45-8-4-2-6-37(45)39-20-28(10-18-47(39)76)34-15-12-31(51(59,60)61)23-42(34)54(68,69)70/h1-25H. The Bertz CT molecular complexity index is 4040. The maximum Gasteiger partial charge on any atom is 0.417 e. The molecule has 10 aromatic rings. The van der Waals surface area contributed by atoms with Gasteiger partial charge in [-0.1, -0.05) is 66.7 Å². The zero-order valence-corrected chi connectivity index (χ0v) is 37.6. The summed E-state index contributed by atoms with van der Waals surface area (Å²) in [5.74, 6) is 0. The molecule has 0 spiro atoms. The van der Waals surface area contributed by atoms with E-state index < -0.39 is 92.7 Å². The van der Waals surface area contributed by atoms with Gasteiger partial charge in [0, 0.05) is 27.1 Å². The van der Waals surface area contributed by atoms with E-state index in [0.29, 0.717) is 36.4 Å². The van der Waals surface area contributed by atoms with Crippen LogP contribution in [0, 0.1) is 11.3 Å². The first-order valence-corrected chi connectivity index (χ1v) is 22.0. The summed E-state index contributed by atoms with van der Waals surface area (Å²) < 4.78 is 260. The normalized spacial score (nSPS) is 13.1. The van der Waals surface area contributed by atoms with Crippen LogP contribution >= 0.6 is 0 Å². The topological polar surface area (TPSA) is 33.6 Å². The molecule has 386 valence electrons. The zero-order valence-electron chi connectivity index (χ0n) is 37.6. The van der Waals surface area contributed by atoms with Crippen molar-refractivity contribution in [3.8, 4) is 50.8 Å². The Morgan fingerprint density at radius 2 is 0.658 bits per heavy atom. The maximum atomic E-state index is 15.3. The molecule has 0 unspecified atom stereocenters. The number of nitrogens with zero attached hydrogens (tertiary/aromatic N) is 3. The van der Waals surface area contributed by atoms with Crippen LogP contribution in [0.5, 0.6) is 0 Å². The van der Waals surface area contributed by atoms with Crippen molar-refractivity contribution in [2.45, 2.75) is 37.1 Å². The predicted molar refractivity (Wildman–Crippen MR) is 246 cm³/mol. The van der Waals surface area contributed by atoms with E-state index in [2.05, 4.69) is 0 Å². The maximum absolute atomic E-state index is 15.3. The lowest BCUT2D eigenvalue weighted by Gasteiger charge is -2.22. The fourth-order valence-corrected chi connectivity index (χ4v) is 9.66. The van der Waals surface area contributed by atoms with Crippen molar-refractivity contribution in [1.29, 1.82) is 5.26 Å². The molecule has 2 aromatic heterocycles. The Morgan fingerprint density at radius 1 is 0.303 bits per heavy atom. The van der Waals surface area contributed by atoms with E-state index >= 15 is 13.2 Å². The summed E-state index contributed by atoms with van der Waals surface area (Å²) in [6.45, 7) is 0. The summed E-state index contributed by atoms with van der Waals surface area (Å²) in [6.07, 6.45) is -31.7. The summed E-state index contributed by atoms with van der Waals surface area (Å²) >= 11 is 0. The van der Waals surface area contributed by atoms with Gasteiger partial charge in [-0.2, -0.15) is 84.3 Å². The Kier molecular flexibility index (Phi) is 11.6. The molecule has 10 rings (SSSR count). The van der Waals surface area contributed by atoms with Gasteiger partial charge in [-0.3, -0.25) is 0 Å². The Morgan fingerprint density at radius 3 is 1.04 bits per heavy atom. The van der Waals surface area contributed by atoms with Crippen LogP contribution in [0.1, 0.15) is 38.9 Å². The summed E-state index contributed by atoms with van der Waals surface area (Å²) in [7, 11) is 0. The van der Waals surface area contributed by atoms with Gasteiger partial charge in [0.05, 0.1) is 72.4 Å². The molecule has 0 radical (unpaired) electrons. The van der Waals surface area contributed by atoms with Crippen molar-refractivity contribution in [3.63, 3.8) is 0 Å². The summed E-state index contributed by atoms with van der Waals surface area (Å²) in [5, 5.41) is 11.7. The largest absolute Gasteiger partial charge is 0.417 e. The van der Waals surface area contributed by atoms with Gasteiger partial charge >= 0.3 is 37.1 Å². The van der Waals surface area contributed by atoms with Crippen molar-refractivity contribution in [2.24, 2.45) is 0 Å². The van der Waals surface area contributed by atoms with E-state index in [1.165, 1.54) is 81.9 Å². The minimum atomic E-state index is -5.51. The highest BCUT2D eigenvalue weighted by molar-refractivity contribution is 6.12. The number of hydrogen-bond acceptors (Lipinski definition) is 1. The van der Waals surface area contributed by atoms with Crippen molar-refractivity contribution < 1.29 is 79.0 Å². The van der Waals surface area contributed by atoms with Crippen LogP contribution in [0.3, 0.4) is 0 Å². The van der Waals surface area contributed by atoms with E-state index in [9.17, 15) is 71.1 Å². The number of alkyl halides is 18. The molecule has 0 saturated carbocycles. The predicted octanol–water partition coefficient (Wildman–Crippen LogP) is 18.9. The lowest BCUT2D eigenvalue weighted by Crippen LogP contribution is -2.13. The molecule has 3 nitrogen and oxygen atoms in total. The van der Waals surface area contributed by atoms with Crippen LogP contribution in [-0.2, 0) is 37.1 Å². The van der Waals surface area contributed by atoms with Crippen LogP contribution in [0.25, 0.3) is 88.4 Å². The molecule has 2 heterocycles. The average molecular weight is 1070 g/mol. The van der Waals surface area contributed by atoms with Gasteiger partial charge in [0.15, 0.2) is 0 Å². The molecule has 76 heavy (non-hydrogen) atoms. The molecule has 0 aliphatic carbocycles. The van der Waals surface area contributed by atoms with E-state index in [1.807, 2.05) is 6.07 Å². The third-order valence-corrected chi connectivity index (χ3v) is 12.9. The van der Waals surface area contributed by atoms with Crippen LogP contribution in [0.2, 0.25) is 0 Å². The summed E-state index contributed by atoms with van der Waals surface area (Å²) in [6, 6.07) is 26.2. The lowest BCUT2D eigenvalue weighted by atomic mass is 9.93. The minimum Gasteiger partial charge on any atom is -0.309 e. The number of fused-ring (bicyclic) bond motifs is 6. The molecule has 0 aliphatic rings. The Labute approximate surface area is 414 Å². The van der Waals surface area contributed by atoms with E-state index in [4.69, 9.17) is 0 Å². The second kappa shape index (κ2) is 17.3. The van der Waals surface area contributed by atoms with Gasteiger partial charge in [0.25, 0.3) is 0 Å². The quantitative estimate of drug-likeness (QED) is 0.158. The van der Waals surface area contributed by atoms with E-state index in [0.717, 1.165) is 24.3 Å². The number of para-hydroxylation sites is 2. The molecule has 21 heteroatoms. The first-order valence-electron chi connectivity index (χ1n) is 22.0. The van der Waals surface area contributed by atoms with E-state index in [1.54, 1.807) is 0 Å². The molecular formula is C55H25F18N3. The molecule has 0 amide bonds. The zero-order chi connectivity index (χ0) is 54.8. The summed E-state index contributed by atoms with van der Waals surface area (Å²) in [4.78, 5) is 0. The smallest absolute Gasteiger partial charge is 0.309 e. The fourth-order valence-electron chi connectivity index (χ4n) is 9.66. The van der Waals surface area contributed by atoms with Crippen LogP contribution in [0.15, 0.2) is 152 Å². The molecule has 0 atom stereocenters. The SMILES string of the molecule is N#Cc1cc(-n2c3ccccc3c3cc(-c4ccc(C(F)(F)F)cc4C(F)(F)F)ccc32)c(-c2ccc(C(F)(F)F)cc2C(F)(F)F)cc1-n1c2ccccc2c2cc(-c3ccc(C(F)(F)F)cc3C(F)(F)F)ccc21. The molecule has 0 fully saturated rings. The van der Waals surface area contributed by atoms with Crippen LogP contribution in [-0.4, -0.2) is 9.13 Å². The van der Waals surface area contributed by atoms with E-state index in [-0.39, 0.29) is 89.9 Å². The molecule has 8 aromatic carbocycles. The second-order valence-electron chi connectivity index (χ2n) is 17.4. The molecule has 0 N–H and O–H groups in total. The van der Waals surface area contributed by atoms with Crippen molar-refractivity contribution in [2.75, 3.05) is 0 Å². The molecule has 0 saturated heterocycles. The van der Waals surface area contributed by atoms with Crippen molar-refractivity contribution >= 4 is 43.6 Å². The third-order valence-electron chi connectivity index (χ3n) is 12.9. The van der Waals surface area contributed by atoms with Crippen LogP contribution in [0.4, 0.5) is 79.0 Å². The highest BCUT2D eigenvalue weighted by Crippen LogP contribution is 2.49. The van der Waals surface area contributed by atoms with Gasteiger partial charge in [0.2, 0.25) is 0 Å². The number of hydrogen-bond donors (Lipinski definition) is 0. The first kappa shape index (κ1) is 51.1. The highest BCUT2D eigenvalue weighted by Gasteiger charge is 2.42. The molecule has 0 aliphatic heterocycles. The van der Waals surface area contributed by atoms with Gasteiger partial charge < -0.3 is 9.13 Å². The summed E-state index contributed by atoms with van der Waals surface area (Å²) in [5.41, 5.74) is -13.4. The van der Waals surface area contributed by atoms with Gasteiger partial charge in [0.1, 0.15) is 6.07 Å². The number of benzene rings is 8. The fraction of sp³-hybridized carbons (Fsp3) is 0.109. The van der Waals surface area contributed by atoms with Crippen molar-refractivity contribution in [3.05, 3.63) is 191 Å². The minimum absolute atomic E-state index is 0.0367. The van der Waals surface area contributed by atoms with Gasteiger partial charge in [-0.15, -0.1) is 0 Å². The first-order chi connectivity index (χ1) is 35.4. The number of aromatic nitrogens is 2. The number of rotatable bonds is 5. The number of nitriles is 1. The second-order valence-corrected chi connectivity index (χ2v) is 17.4. The Hall–Kier alpha value is -8.41. The Balaban J connectivity index is 1.27. The van der Waals surface area contributed by atoms with Crippen LogP contribution < -0.4 is 0 Å².